The van der Waals surface area contributed by atoms with E-state index in [-0.39, 0.29) is 24.2 Å². The van der Waals surface area contributed by atoms with Crippen molar-refractivity contribution in [1.29, 1.82) is 0 Å². The second kappa shape index (κ2) is 6.56. The van der Waals surface area contributed by atoms with Gasteiger partial charge in [0.25, 0.3) is 0 Å². The SMILES string of the molecule is Cc1ccc(NC(=O)N2CCC(CC(=O)O)CC2)cc1F. The van der Waals surface area contributed by atoms with Crippen molar-refractivity contribution >= 4 is 17.7 Å². The molecule has 1 aliphatic rings. The highest BCUT2D eigenvalue weighted by molar-refractivity contribution is 5.89. The van der Waals surface area contributed by atoms with Crippen molar-refractivity contribution in [2.24, 2.45) is 5.92 Å². The zero-order valence-electron chi connectivity index (χ0n) is 11.9. The van der Waals surface area contributed by atoms with Gasteiger partial charge in [0.2, 0.25) is 0 Å². The van der Waals surface area contributed by atoms with Crippen LogP contribution in [0, 0.1) is 18.7 Å². The molecule has 0 unspecified atom stereocenters. The summed E-state index contributed by atoms with van der Waals surface area (Å²) in [4.78, 5) is 24.4. The maximum Gasteiger partial charge on any atom is 0.321 e. The predicted octanol–water partition coefficient (Wildman–Crippen LogP) is 2.85. The third-order valence-corrected chi connectivity index (χ3v) is 3.79. The molecule has 2 rings (SSSR count). The van der Waals surface area contributed by atoms with Crippen LogP contribution in [0.3, 0.4) is 0 Å². The van der Waals surface area contributed by atoms with Crippen molar-refractivity contribution in [3.63, 3.8) is 0 Å². The Kier molecular flexibility index (Phi) is 4.77. The smallest absolute Gasteiger partial charge is 0.321 e. The standard InChI is InChI=1S/C15H19FN2O3/c1-10-2-3-12(9-13(10)16)17-15(21)18-6-4-11(5-7-18)8-14(19)20/h2-3,9,11H,4-8H2,1H3,(H,17,21)(H,19,20). The van der Waals surface area contributed by atoms with Gasteiger partial charge in [-0.25, -0.2) is 9.18 Å². The number of likely N-dealkylation sites (tertiary alicyclic amines) is 1. The van der Waals surface area contributed by atoms with Gasteiger partial charge in [0, 0.05) is 25.2 Å². The van der Waals surface area contributed by atoms with Crippen LogP contribution in [0.4, 0.5) is 14.9 Å². The van der Waals surface area contributed by atoms with Crippen LogP contribution in [0.15, 0.2) is 18.2 Å². The van der Waals surface area contributed by atoms with Crippen LogP contribution in [0.1, 0.15) is 24.8 Å². The summed E-state index contributed by atoms with van der Waals surface area (Å²) in [6, 6.07) is 4.30. The number of urea groups is 1. The van der Waals surface area contributed by atoms with Crippen LogP contribution in [-0.2, 0) is 4.79 Å². The molecular weight excluding hydrogens is 275 g/mol. The average Bonchev–Trinajstić information content (AvgIpc) is 2.43. The van der Waals surface area contributed by atoms with Gasteiger partial charge in [-0.1, -0.05) is 6.07 Å². The van der Waals surface area contributed by atoms with Crippen LogP contribution in [0.5, 0.6) is 0 Å². The van der Waals surface area contributed by atoms with Crippen molar-refractivity contribution in [2.75, 3.05) is 18.4 Å². The van der Waals surface area contributed by atoms with Gasteiger partial charge < -0.3 is 15.3 Å². The third kappa shape index (κ3) is 4.18. The number of carbonyl (C=O) groups is 2. The Bertz CT molecular complexity index is 540. The second-order valence-corrected chi connectivity index (χ2v) is 5.42. The predicted molar refractivity (Wildman–Crippen MR) is 76.7 cm³/mol. The number of benzene rings is 1. The Hall–Kier alpha value is -2.11. The van der Waals surface area contributed by atoms with E-state index in [1.54, 1.807) is 24.0 Å². The van der Waals surface area contributed by atoms with E-state index >= 15 is 0 Å². The van der Waals surface area contributed by atoms with Gasteiger partial charge in [-0.2, -0.15) is 0 Å². The zero-order valence-corrected chi connectivity index (χ0v) is 11.9. The first-order chi connectivity index (χ1) is 9.95. The summed E-state index contributed by atoms with van der Waals surface area (Å²) >= 11 is 0. The molecule has 114 valence electrons. The van der Waals surface area contributed by atoms with Crippen LogP contribution in [-0.4, -0.2) is 35.1 Å². The maximum atomic E-state index is 13.4. The number of hydrogen-bond donors (Lipinski definition) is 2. The molecule has 0 aliphatic carbocycles. The van der Waals surface area contributed by atoms with Gasteiger partial charge >= 0.3 is 12.0 Å². The monoisotopic (exact) mass is 294 g/mol. The number of aryl methyl sites for hydroxylation is 1. The Morgan fingerprint density at radius 3 is 2.62 bits per heavy atom. The number of aliphatic carboxylic acids is 1. The fourth-order valence-electron chi connectivity index (χ4n) is 2.46. The molecule has 6 heteroatoms. The highest BCUT2D eigenvalue weighted by Gasteiger charge is 2.24. The summed E-state index contributed by atoms with van der Waals surface area (Å²) in [5, 5.41) is 11.4. The Morgan fingerprint density at radius 1 is 1.38 bits per heavy atom. The number of anilines is 1. The lowest BCUT2D eigenvalue weighted by Crippen LogP contribution is -2.41. The minimum Gasteiger partial charge on any atom is -0.481 e. The number of carboxylic acid groups (broad SMARTS) is 1. The van der Waals surface area contributed by atoms with E-state index in [0.29, 0.717) is 37.2 Å². The summed E-state index contributed by atoms with van der Waals surface area (Å²) in [7, 11) is 0. The molecule has 0 spiro atoms. The summed E-state index contributed by atoms with van der Waals surface area (Å²) in [5.41, 5.74) is 0.957. The normalized spacial score (nSPS) is 15.8. The van der Waals surface area contributed by atoms with Crippen molar-refractivity contribution in [2.45, 2.75) is 26.2 Å². The van der Waals surface area contributed by atoms with Crippen molar-refractivity contribution < 1.29 is 19.1 Å². The molecule has 1 aliphatic heterocycles. The molecule has 0 saturated carbocycles. The van der Waals surface area contributed by atoms with E-state index in [9.17, 15) is 14.0 Å². The molecule has 2 amide bonds. The summed E-state index contributed by atoms with van der Waals surface area (Å²) < 4.78 is 13.4. The Balaban J connectivity index is 1.87. The molecule has 0 aromatic heterocycles. The molecule has 21 heavy (non-hydrogen) atoms. The van der Waals surface area contributed by atoms with Gasteiger partial charge in [0.05, 0.1) is 0 Å². The highest BCUT2D eigenvalue weighted by atomic mass is 19.1. The fourth-order valence-corrected chi connectivity index (χ4v) is 2.46. The number of hydrogen-bond acceptors (Lipinski definition) is 2. The number of halogens is 1. The molecule has 1 aromatic rings. The molecule has 0 radical (unpaired) electrons. The highest BCUT2D eigenvalue weighted by Crippen LogP contribution is 2.21. The van der Waals surface area contributed by atoms with E-state index in [4.69, 9.17) is 5.11 Å². The van der Waals surface area contributed by atoms with E-state index in [1.807, 2.05) is 0 Å². The lowest BCUT2D eigenvalue weighted by molar-refractivity contribution is -0.138. The lowest BCUT2D eigenvalue weighted by atomic mass is 9.94. The summed E-state index contributed by atoms with van der Waals surface area (Å²) in [5.74, 6) is -1.02. The number of amides is 2. The molecule has 0 bridgehead atoms. The van der Waals surface area contributed by atoms with Gasteiger partial charge in [-0.05, 0) is 43.4 Å². The molecule has 1 saturated heterocycles. The van der Waals surface area contributed by atoms with Crippen LogP contribution in [0.2, 0.25) is 0 Å². The first-order valence-corrected chi connectivity index (χ1v) is 6.99. The first kappa shape index (κ1) is 15.3. The van der Waals surface area contributed by atoms with Crippen LogP contribution < -0.4 is 5.32 Å². The quantitative estimate of drug-likeness (QED) is 0.900. The molecule has 5 nitrogen and oxygen atoms in total. The van der Waals surface area contributed by atoms with Gasteiger partial charge in [-0.15, -0.1) is 0 Å². The number of piperidine rings is 1. The number of nitrogens with one attached hydrogen (secondary N) is 1. The van der Waals surface area contributed by atoms with E-state index in [0.717, 1.165) is 0 Å². The third-order valence-electron chi connectivity index (χ3n) is 3.79. The second-order valence-electron chi connectivity index (χ2n) is 5.42. The number of carboxylic acids is 1. The van der Waals surface area contributed by atoms with Gasteiger partial charge in [0.15, 0.2) is 0 Å². The van der Waals surface area contributed by atoms with Gasteiger partial charge in [-0.3, -0.25) is 4.79 Å². The molecule has 1 fully saturated rings. The molecule has 1 aromatic carbocycles. The minimum absolute atomic E-state index is 0.128. The maximum absolute atomic E-state index is 13.4. The largest absolute Gasteiger partial charge is 0.481 e. The van der Waals surface area contributed by atoms with Crippen molar-refractivity contribution in [3.8, 4) is 0 Å². The van der Waals surface area contributed by atoms with Crippen molar-refractivity contribution in [1.82, 2.24) is 4.90 Å². The summed E-state index contributed by atoms with van der Waals surface area (Å²) in [6.07, 6.45) is 1.52. The molecular formula is C15H19FN2O3. The zero-order chi connectivity index (χ0) is 15.4. The number of carbonyl (C=O) groups excluding carboxylic acids is 1. The minimum atomic E-state index is -0.798. The molecule has 1 heterocycles. The van der Waals surface area contributed by atoms with Crippen LogP contribution in [0.25, 0.3) is 0 Å². The lowest BCUT2D eigenvalue weighted by Gasteiger charge is -2.31. The number of rotatable bonds is 3. The molecule has 2 N–H and O–H groups in total. The summed E-state index contributed by atoms with van der Waals surface area (Å²) in [6.45, 7) is 2.71. The Morgan fingerprint density at radius 2 is 2.05 bits per heavy atom. The first-order valence-electron chi connectivity index (χ1n) is 6.99. The Labute approximate surface area is 122 Å². The molecule has 0 atom stereocenters. The van der Waals surface area contributed by atoms with E-state index in [2.05, 4.69) is 5.32 Å². The topological polar surface area (TPSA) is 69.6 Å². The van der Waals surface area contributed by atoms with Crippen molar-refractivity contribution in [3.05, 3.63) is 29.6 Å². The average molecular weight is 294 g/mol. The fraction of sp³-hybridized carbons (Fsp3) is 0.467. The number of nitrogens with zero attached hydrogens (tertiary/aromatic N) is 1. The van der Waals surface area contributed by atoms with E-state index < -0.39 is 5.97 Å². The van der Waals surface area contributed by atoms with E-state index in [1.165, 1.54) is 6.07 Å². The van der Waals surface area contributed by atoms with Gasteiger partial charge in [0.1, 0.15) is 5.82 Å². The van der Waals surface area contributed by atoms with Crippen LogP contribution >= 0.6 is 0 Å².